The number of methoxy groups -OCH3 is 1. The molecule has 1 atom stereocenters. The molecule has 1 unspecified atom stereocenters. The van der Waals surface area contributed by atoms with Crippen LogP contribution >= 0.6 is 0 Å². The third kappa shape index (κ3) is 4.51. The number of carbonyl (C=O) groups is 2. The van der Waals surface area contributed by atoms with Gasteiger partial charge < -0.3 is 9.47 Å². The van der Waals surface area contributed by atoms with Gasteiger partial charge in [0.15, 0.2) is 0 Å². The summed E-state index contributed by atoms with van der Waals surface area (Å²) in [6.45, 7) is 8.89. The van der Waals surface area contributed by atoms with Gasteiger partial charge in [0.1, 0.15) is 5.60 Å². The zero-order valence-corrected chi connectivity index (χ0v) is 10.9. The molecule has 0 saturated carbocycles. The lowest BCUT2D eigenvalue weighted by Crippen LogP contribution is -2.45. The molecule has 0 aromatic heterocycles. The van der Waals surface area contributed by atoms with Crippen LogP contribution in [0.4, 0.5) is 9.59 Å². The number of hydrogen-bond acceptors (Lipinski definition) is 4. The van der Waals surface area contributed by atoms with E-state index in [2.05, 4.69) is 4.74 Å². The molecule has 0 bridgehead atoms. The van der Waals surface area contributed by atoms with Crippen LogP contribution in [0.2, 0.25) is 0 Å². The van der Waals surface area contributed by atoms with E-state index >= 15 is 0 Å². The van der Waals surface area contributed by atoms with Crippen LogP contribution in [0, 0.1) is 0 Å². The first-order valence-corrected chi connectivity index (χ1v) is 5.33. The van der Waals surface area contributed by atoms with E-state index in [9.17, 15) is 9.59 Å². The minimum atomic E-state index is -0.691. The Labute approximate surface area is 96.7 Å². The molecular formula is C11H21NO4. The monoisotopic (exact) mass is 231 g/mol. The zero-order chi connectivity index (χ0) is 12.9. The van der Waals surface area contributed by atoms with E-state index in [1.54, 1.807) is 27.7 Å². The molecule has 0 aliphatic rings. The van der Waals surface area contributed by atoms with Crippen LogP contribution in [0.5, 0.6) is 0 Å². The van der Waals surface area contributed by atoms with Crippen LogP contribution in [0.15, 0.2) is 0 Å². The quantitative estimate of drug-likeness (QED) is 0.733. The second kappa shape index (κ2) is 5.72. The highest BCUT2D eigenvalue weighted by Crippen LogP contribution is 2.14. The minimum Gasteiger partial charge on any atom is -0.452 e. The summed E-state index contributed by atoms with van der Waals surface area (Å²) >= 11 is 0. The first-order valence-electron chi connectivity index (χ1n) is 5.33. The summed E-state index contributed by atoms with van der Waals surface area (Å²) in [4.78, 5) is 24.2. The number of rotatable bonds is 2. The summed E-state index contributed by atoms with van der Waals surface area (Å²) in [5.41, 5.74) is -0.628. The molecule has 0 rings (SSSR count). The normalized spacial score (nSPS) is 12.9. The van der Waals surface area contributed by atoms with E-state index in [4.69, 9.17) is 4.74 Å². The Morgan fingerprint density at radius 1 is 1.25 bits per heavy atom. The number of imide groups is 1. The molecule has 0 aromatic carbocycles. The molecule has 0 aliphatic carbocycles. The van der Waals surface area contributed by atoms with Gasteiger partial charge in [0, 0.05) is 6.04 Å². The van der Waals surface area contributed by atoms with Crippen LogP contribution < -0.4 is 0 Å². The summed E-state index contributed by atoms with van der Waals surface area (Å²) in [6.07, 6.45) is -0.716. The van der Waals surface area contributed by atoms with Crippen molar-refractivity contribution in [1.82, 2.24) is 4.90 Å². The van der Waals surface area contributed by atoms with E-state index in [-0.39, 0.29) is 6.04 Å². The summed E-state index contributed by atoms with van der Waals surface area (Å²) in [6, 6.07) is -0.248. The smallest absolute Gasteiger partial charge is 0.420 e. The molecule has 5 heteroatoms. The average molecular weight is 231 g/mol. The highest BCUT2D eigenvalue weighted by molar-refractivity contribution is 5.88. The van der Waals surface area contributed by atoms with Crippen molar-refractivity contribution in [2.75, 3.05) is 7.11 Å². The van der Waals surface area contributed by atoms with Crippen molar-refractivity contribution in [2.24, 2.45) is 0 Å². The molecule has 2 amide bonds. The minimum absolute atomic E-state index is 0.248. The Bertz CT molecular complexity index is 257. The lowest BCUT2D eigenvalue weighted by molar-refractivity contribution is 0.0175. The van der Waals surface area contributed by atoms with Crippen molar-refractivity contribution in [3.05, 3.63) is 0 Å². The molecule has 0 spiro atoms. The highest BCUT2D eigenvalue weighted by atomic mass is 16.6. The summed E-state index contributed by atoms with van der Waals surface area (Å²) in [7, 11) is 1.24. The number of amides is 2. The van der Waals surface area contributed by atoms with Gasteiger partial charge in [-0.2, -0.15) is 0 Å². The molecule has 0 heterocycles. The van der Waals surface area contributed by atoms with Crippen molar-refractivity contribution < 1.29 is 19.1 Å². The SMILES string of the molecule is CCC(C)N(C(=O)OC)C(=O)OC(C)(C)C. The summed E-state index contributed by atoms with van der Waals surface area (Å²) in [5.74, 6) is 0. The number of carbonyl (C=O) groups excluding carboxylic acids is 2. The van der Waals surface area contributed by atoms with Crippen molar-refractivity contribution in [1.29, 1.82) is 0 Å². The molecule has 0 aromatic rings. The highest BCUT2D eigenvalue weighted by Gasteiger charge is 2.31. The Balaban J connectivity index is 4.77. The Hall–Kier alpha value is -1.26. The third-order valence-electron chi connectivity index (χ3n) is 1.99. The standard InChI is InChI=1S/C11H21NO4/c1-7-8(2)12(9(13)15-6)10(14)16-11(3,4)5/h8H,7H2,1-6H3. The zero-order valence-electron chi connectivity index (χ0n) is 10.9. The summed E-state index contributed by atoms with van der Waals surface area (Å²) in [5, 5.41) is 0. The van der Waals surface area contributed by atoms with Gasteiger partial charge in [0.25, 0.3) is 0 Å². The fourth-order valence-corrected chi connectivity index (χ4v) is 1.03. The second-order valence-electron chi connectivity index (χ2n) is 4.58. The van der Waals surface area contributed by atoms with Crippen LogP contribution in [0.25, 0.3) is 0 Å². The Kier molecular flexibility index (Phi) is 5.27. The lowest BCUT2D eigenvalue weighted by atomic mass is 10.2. The van der Waals surface area contributed by atoms with E-state index in [1.807, 2.05) is 6.92 Å². The van der Waals surface area contributed by atoms with E-state index in [0.717, 1.165) is 4.90 Å². The van der Waals surface area contributed by atoms with Crippen LogP contribution in [-0.4, -0.2) is 35.8 Å². The Morgan fingerprint density at radius 2 is 1.75 bits per heavy atom. The summed E-state index contributed by atoms with van der Waals surface area (Å²) < 4.78 is 9.69. The van der Waals surface area contributed by atoms with Crippen LogP contribution in [0.1, 0.15) is 41.0 Å². The molecule has 94 valence electrons. The molecule has 5 nitrogen and oxygen atoms in total. The van der Waals surface area contributed by atoms with E-state index < -0.39 is 17.8 Å². The van der Waals surface area contributed by atoms with Gasteiger partial charge in [-0.1, -0.05) is 6.92 Å². The number of nitrogens with zero attached hydrogens (tertiary/aromatic N) is 1. The van der Waals surface area contributed by atoms with Gasteiger partial charge in [0.05, 0.1) is 7.11 Å². The Morgan fingerprint density at radius 3 is 2.06 bits per heavy atom. The largest absolute Gasteiger partial charge is 0.452 e. The topological polar surface area (TPSA) is 55.8 Å². The maximum Gasteiger partial charge on any atom is 0.420 e. The fourth-order valence-electron chi connectivity index (χ4n) is 1.03. The predicted octanol–water partition coefficient (Wildman–Crippen LogP) is 2.79. The maximum absolute atomic E-state index is 11.8. The molecule has 0 aliphatic heterocycles. The molecule has 0 saturated heterocycles. The van der Waals surface area contributed by atoms with E-state index in [0.29, 0.717) is 6.42 Å². The molecular weight excluding hydrogens is 210 g/mol. The van der Waals surface area contributed by atoms with Gasteiger partial charge in [-0.3, -0.25) is 0 Å². The lowest BCUT2D eigenvalue weighted by Gasteiger charge is -2.28. The van der Waals surface area contributed by atoms with Crippen molar-refractivity contribution >= 4 is 12.2 Å². The number of hydrogen-bond donors (Lipinski definition) is 0. The first kappa shape index (κ1) is 14.7. The molecule has 0 N–H and O–H groups in total. The van der Waals surface area contributed by atoms with Gasteiger partial charge in [-0.25, -0.2) is 14.5 Å². The van der Waals surface area contributed by atoms with Crippen molar-refractivity contribution in [3.8, 4) is 0 Å². The predicted molar refractivity (Wildman–Crippen MR) is 60.2 cm³/mol. The van der Waals surface area contributed by atoms with E-state index in [1.165, 1.54) is 7.11 Å². The van der Waals surface area contributed by atoms with Gasteiger partial charge in [-0.05, 0) is 34.1 Å². The van der Waals surface area contributed by atoms with Gasteiger partial charge >= 0.3 is 12.2 Å². The third-order valence-corrected chi connectivity index (χ3v) is 1.99. The molecule has 16 heavy (non-hydrogen) atoms. The average Bonchev–Trinajstić information content (AvgIpc) is 2.14. The second-order valence-corrected chi connectivity index (χ2v) is 4.58. The van der Waals surface area contributed by atoms with Crippen molar-refractivity contribution in [2.45, 2.75) is 52.7 Å². The molecule has 0 radical (unpaired) electrons. The number of ether oxygens (including phenoxy) is 2. The molecule has 0 fully saturated rings. The maximum atomic E-state index is 11.8. The van der Waals surface area contributed by atoms with Gasteiger partial charge in [-0.15, -0.1) is 0 Å². The van der Waals surface area contributed by atoms with Crippen LogP contribution in [0.3, 0.4) is 0 Å². The fraction of sp³-hybridized carbons (Fsp3) is 0.818. The first-order chi connectivity index (χ1) is 7.22. The van der Waals surface area contributed by atoms with Crippen molar-refractivity contribution in [3.63, 3.8) is 0 Å². The van der Waals surface area contributed by atoms with Crippen LogP contribution in [-0.2, 0) is 9.47 Å². The van der Waals surface area contributed by atoms with Gasteiger partial charge in [0.2, 0.25) is 0 Å².